The van der Waals surface area contributed by atoms with E-state index in [4.69, 9.17) is 0 Å². The van der Waals surface area contributed by atoms with E-state index in [1.165, 1.54) is 25.0 Å². The molecule has 2 heterocycles. The molecule has 3 rings (SSSR count). The fourth-order valence-electron chi connectivity index (χ4n) is 2.36. The number of thioether (sulfide) groups is 1. The average molecular weight is 275 g/mol. The summed E-state index contributed by atoms with van der Waals surface area (Å²) in [7, 11) is 0. The molecule has 1 fully saturated rings. The lowest BCUT2D eigenvalue weighted by Crippen LogP contribution is -2.31. The van der Waals surface area contributed by atoms with Gasteiger partial charge >= 0.3 is 0 Å². The summed E-state index contributed by atoms with van der Waals surface area (Å²) >= 11 is 1.97. The zero-order valence-corrected chi connectivity index (χ0v) is 11.5. The number of carbonyl (C=O) groups excluding carboxylic acids is 1. The van der Waals surface area contributed by atoms with Crippen LogP contribution >= 0.6 is 11.8 Å². The van der Waals surface area contributed by atoms with Gasteiger partial charge in [-0.05, 0) is 30.7 Å². The van der Waals surface area contributed by atoms with Crippen LogP contribution < -0.4 is 5.32 Å². The fraction of sp³-hybridized carbons (Fsp3) is 0.429. The predicted octanol–water partition coefficient (Wildman–Crippen LogP) is 2.58. The van der Waals surface area contributed by atoms with Crippen molar-refractivity contribution in [3.05, 3.63) is 30.0 Å². The van der Waals surface area contributed by atoms with E-state index < -0.39 is 0 Å². The first-order valence-corrected chi connectivity index (χ1v) is 7.71. The molecule has 1 atom stereocenters. The van der Waals surface area contributed by atoms with Crippen molar-refractivity contribution in [1.82, 2.24) is 15.5 Å². The molecule has 1 aliphatic rings. The highest BCUT2D eigenvalue weighted by Gasteiger charge is 2.15. The summed E-state index contributed by atoms with van der Waals surface area (Å²) in [6, 6.07) is 5.62. The van der Waals surface area contributed by atoms with Crippen LogP contribution in [0.25, 0.3) is 10.9 Å². The van der Waals surface area contributed by atoms with E-state index in [0.717, 1.165) is 17.4 Å². The first kappa shape index (κ1) is 12.5. The molecule has 2 aromatic rings. The molecule has 1 aromatic carbocycles. The van der Waals surface area contributed by atoms with E-state index in [0.29, 0.717) is 10.8 Å². The average Bonchev–Trinajstić information content (AvgIpc) is 2.93. The molecule has 0 radical (unpaired) electrons. The molecule has 0 aliphatic carbocycles. The first-order chi connectivity index (χ1) is 9.33. The van der Waals surface area contributed by atoms with Crippen LogP contribution in [0.2, 0.25) is 0 Å². The van der Waals surface area contributed by atoms with Crippen LogP contribution in [0.5, 0.6) is 0 Å². The number of amides is 1. The van der Waals surface area contributed by atoms with Gasteiger partial charge in [0.15, 0.2) is 0 Å². The highest BCUT2D eigenvalue weighted by molar-refractivity contribution is 7.99. The zero-order valence-electron chi connectivity index (χ0n) is 10.7. The summed E-state index contributed by atoms with van der Waals surface area (Å²) in [6.45, 7) is 0.768. The molecule has 5 heteroatoms. The van der Waals surface area contributed by atoms with Crippen molar-refractivity contribution < 1.29 is 4.79 Å². The number of hydrogen-bond acceptors (Lipinski definition) is 3. The van der Waals surface area contributed by atoms with Gasteiger partial charge in [0.2, 0.25) is 0 Å². The van der Waals surface area contributed by atoms with Crippen LogP contribution in [-0.4, -0.2) is 33.7 Å². The fourth-order valence-corrected chi connectivity index (χ4v) is 3.59. The maximum absolute atomic E-state index is 12.1. The summed E-state index contributed by atoms with van der Waals surface area (Å²) in [6.07, 6.45) is 5.57. The zero-order chi connectivity index (χ0) is 13.1. The molecule has 2 N–H and O–H groups in total. The Balaban J connectivity index is 1.62. The molecule has 0 bridgehead atoms. The normalized spacial score (nSPS) is 19.5. The molecule has 1 aliphatic heterocycles. The Bertz CT molecular complexity index is 575. The molecule has 0 saturated carbocycles. The first-order valence-electron chi connectivity index (χ1n) is 6.66. The number of benzene rings is 1. The van der Waals surface area contributed by atoms with Gasteiger partial charge < -0.3 is 5.32 Å². The highest BCUT2D eigenvalue weighted by Crippen LogP contribution is 2.24. The number of carbonyl (C=O) groups is 1. The predicted molar refractivity (Wildman–Crippen MR) is 78.5 cm³/mol. The van der Waals surface area contributed by atoms with E-state index >= 15 is 0 Å². The van der Waals surface area contributed by atoms with Crippen LogP contribution in [0.15, 0.2) is 24.4 Å². The van der Waals surface area contributed by atoms with Crippen LogP contribution in [0.1, 0.15) is 29.6 Å². The van der Waals surface area contributed by atoms with Crippen molar-refractivity contribution >= 4 is 28.6 Å². The monoisotopic (exact) mass is 275 g/mol. The molecule has 1 amide bonds. The van der Waals surface area contributed by atoms with E-state index in [2.05, 4.69) is 15.5 Å². The minimum atomic E-state index is 0.00248. The molecule has 0 spiro atoms. The van der Waals surface area contributed by atoms with Gasteiger partial charge in [-0.25, -0.2) is 0 Å². The number of aromatic amines is 1. The van der Waals surface area contributed by atoms with E-state index in [9.17, 15) is 4.79 Å². The summed E-state index contributed by atoms with van der Waals surface area (Å²) in [5.41, 5.74) is 1.59. The van der Waals surface area contributed by atoms with Crippen LogP contribution in [0.4, 0.5) is 0 Å². The maximum Gasteiger partial charge on any atom is 0.251 e. The van der Waals surface area contributed by atoms with E-state index in [1.54, 1.807) is 6.20 Å². The second kappa shape index (κ2) is 5.65. The molecule has 1 saturated heterocycles. The third-order valence-electron chi connectivity index (χ3n) is 3.47. The lowest BCUT2D eigenvalue weighted by Gasteiger charge is -2.21. The number of H-pyrrole nitrogens is 1. The van der Waals surface area contributed by atoms with Crippen molar-refractivity contribution in [2.75, 3.05) is 12.3 Å². The Kier molecular flexibility index (Phi) is 3.73. The van der Waals surface area contributed by atoms with Crippen molar-refractivity contribution in [3.8, 4) is 0 Å². The molecular weight excluding hydrogens is 258 g/mol. The van der Waals surface area contributed by atoms with Gasteiger partial charge in [0, 0.05) is 22.7 Å². The van der Waals surface area contributed by atoms with Gasteiger partial charge in [0.05, 0.1) is 11.7 Å². The smallest absolute Gasteiger partial charge is 0.251 e. The van der Waals surface area contributed by atoms with Crippen LogP contribution in [0, 0.1) is 0 Å². The van der Waals surface area contributed by atoms with Gasteiger partial charge in [-0.15, -0.1) is 0 Å². The molecule has 1 unspecified atom stereocenters. The van der Waals surface area contributed by atoms with Gasteiger partial charge in [-0.1, -0.05) is 12.5 Å². The number of nitrogens with zero attached hydrogens (tertiary/aromatic N) is 1. The molecule has 19 heavy (non-hydrogen) atoms. The maximum atomic E-state index is 12.1. The lowest BCUT2D eigenvalue weighted by atomic mass is 10.1. The molecule has 1 aromatic heterocycles. The Morgan fingerprint density at radius 2 is 2.42 bits per heavy atom. The van der Waals surface area contributed by atoms with Crippen LogP contribution in [-0.2, 0) is 0 Å². The van der Waals surface area contributed by atoms with Crippen molar-refractivity contribution in [3.63, 3.8) is 0 Å². The molecule has 100 valence electrons. The Morgan fingerprint density at radius 3 is 3.26 bits per heavy atom. The van der Waals surface area contributed by atoms with Crippen molar-refractivity contribution in [2.45, 2.75) is 24.5 Å². The van der Waals surface area contributed by atoms with Gasteiger partial charge in [-0.2, -0.15) is 16.9 Å². The minimum Gasteiger partial charge on any atom is -0.351 e. The van der Waals surface area contributed by atoms with Crippen molar-refractivity contribution in [2.24, 2.45) is 0 Å². The lowest BCUT2D eigenvalue weighted by molar-refractivity contribution is 0.0953. The Morgan fingerprint density at radius 1 is 1.47 bits per heavy atom. The second-order valence-corrected chi connectivity index (χ2v) is 6.28. The van der Waals surface area contributed by atoms with Gasteiger partial charge in [-0.3, -0.25) is 9.89 Å². The number of fused-ring (bicyclic) bond motifs is 1. The number of aromatic nitrogens is 2. The summed E-state index contributed by atoms with van der Waals surface area (Å²) in [5, 5.41) is 11.5. The molecular formula is C14H17N3OS. The standard InChI is InChI=1S/C14H17N3OS/c18-14(15-9-12-3-1-2-6-19-12)10-4-5-11-8-16-17-13(11)7-10/h4-5,7-8,12H,1-3,6,9H2,(H,15,18)(H,16,17). The third-order valence-corrected chi connectivity index (χ3v) is 4.87. The molecule has 4 nitrogen and oxygen atoms in total. The highest BCUT2D eigenvalue weighted by atomic mass is 32.2. The quantitative estimate of drug-likeness (QED) is 0.905. The van der Waals surface area contributed by atoms with Gasteiger partial charge in [0.1, 0.15) is 0 Å². The second-order valence-electron chi connectivity index (χ2n) is 4.87. The van der Waals surface area contributed by atoms with E-state index in [-0.39, 0.29) is 5.91 Å². The third kappa shape index (κ3) is 2.92. The Labute approximate surface area is 116 Å². The summed E-state index contributed by atoms with van der Waals surface area (Å²) in [4.78, 5) is 12.1. The van der Waals surface area contributed by atoms with Gasteiger partial charge in [0.25, 0.3) is 5.91 Å². The Hall–Kier alpha value is -1.49. The summed E-state index contributed by atoms with van der Waals surface area (Å²) in [5.74, 6) is 1.23. The largest absolute Gasteiger partial charge is 0.351 e. The van der Waals surface area contributed by atoms with Crippen molar-refractivity contribution in [1.29, 1.82) is 0 Å². The topological polar surface area (TPSA) is 57.8 Å². The minimum absolute atomic E-state index is 0.00248. The SMILES string of the molecule is O=C(NCC1CCCCS1)c1ccc2cn[nH]c2c1. The van der Waals surface area contributed by atoms with Crippen LogP contribution in [0.3, 0.4) is 0 Å². The number of hydrogen-bond donors (Lipinski definition) is 2. The number of nitrogens with one attached hydrogen (secondary N) is 2. The summed E-state index contributed by atoms with van der Waals surface area (Å²) < 4.78 is 0. The number of rotatable bonds is 3. The van der Waals surface area contributed by atoms with E-state index in [1.807, 2.05) is 30.0 Å².